The van der Waals surface area contributed by atoms with Crippen molar-refractivity contribution in [1.82, 2.24) is 4.90 Å². The molecule has 0 atom stereocenters. The molecule has 9 heteroatoms. The summed E-state index contributed by atoms with van der Waals surface area (Å²) < 4.78 is 33.2. The second kappa shape index (κ2) is 9.96. The van der Waals surface area contributed by atoms with Crippen LogP contribution in [0, 0.1) is 0 Å². The van der Waals surface area contributed by atoms with Crippen molar-refractivity contribution in [2.24, 2.45) is 0 Å². The second-order valence-corrected chi connectivity index (χ2v) is 9.62. The van der Waals surface area contributed by atoms with Gasteiger partial charge in [0.05, 0.1) is 12.0 Å². The summed E-state index contributed by atoms with van der Waals surface area (Å²) in [6, 6.07) is 19.6. The van der Waals surface area contributed by atoms with Crippen molar-refractivity contribution in [2.75, 3.05) is 23.7 Å². The van der Waals surface area contributed by atoms with E-state index in [1.54, 1.807) is 41.3 Å². The molecule has 0 saturated carbocycles. The van der Waals surface area contributed by atoms with Crippen molar-refractivity contribution in [2.45, 2.75) is 24.3 Å². The lowest BCUT2D eigenvalue weighted by molar-refractivity contribution is -0.128. The smallest absolute Gasteiger partial charge is 0.261 e. The van der Waals surface area contributed by atoms with Crippen LogP contribution >= 0.6 is 0 Å². The van der Waals surface area contributed by atoms with Crippen LogP contribution in [0.5, 0.6) is 5.75 Å². The molecule has 0 unspecified atom stereocenters. The number of nitrogens with zero attached hydrogens (tertiary/aromatic N) is 1. The average molecular weight is 480 g/mol. The van der Waals surface area contributed by atoms with Crippen LogP contribution in [0.25, 0.3) is 0 Å². The Bertz CT molecular complexity index is 1310. The van der Waals surface area contributed by atoms with Crippen LogP contribution in [-0.4, -0.2) is 38.8 Å². The van der Waals surface area contributed by atoms with Gasteiger partial charge in [-0.1, -0.05) is 18.2 Å². The van der Waals surface area contributed by atoms with Crippen LogP contribution < -0.4 is 14.8 Å². The molecule has 3 aromatic rings. The third kappa shape index (κ3) is 5.55. The highest BCUT2D eigenvalue weighted by Crippen LogP contribution is 2.21. The molecule has 0 bridgehead atoms. The molecule has 4 rings (SSSR count). The van der Waals surface area contributed by atoms with E-state index in [9.17, 15) is 18.0 Å². The fourth-order valence-corrected chi connectivity index (χ4v) is 4.82. The first-order valence-corrected chi connectivity index (χ1v) is 12.3. The summed E-state index contributed by atoms with van der Waals surface area (Å²) in [7, 11) is -2.37. The van der Waals surface area contributed by atoms with Crippen molar-refractivity contribution in [3.8, 4) is 5.75 Å². The van der Waals surface area contributed by atoms with Crippen molar-refractivity contribution in [3.05, 3.63) is 83.9 Å². The van der Waals surface area contributed by atoms with Crippen molar-refractivity contribution >= 4 is 33.2 Å². The number of likely N-dealkylation sites (tertiary alicyclic amines) is 1. The lowest BCUT2D eigenvalue weighted by atomic mass is 10.1. The summed E-state index contributed by atoms with van der Waals surface area (Å²) in [5.41, 5.74) is 2.06. The molecule has 1 heterocycles. The van der Waals surface area contributed by atoms with Crippen LogP contribution in [0.15, 0.2) is 77.7 Å². The van der Waals surface area contributed by atoms with E-state index in [0.29, 0.717) is 30.1 Å². The number of sulfonamides is 1. The highest BCUT2D eigenvalue weighted by Gasteiger charge is 2.20. The molecular formula is C25H25N3O5S. The van der Waals surface area contributed by atoms with Gasteiger partial charge in [-0.05, 0) is 66.6 Å². The van der Waals surface area contributed by atoms with Crippen LogP contribution in [-0.2, 0) is 21.4 Å². The van der Waals surface area contributed by atoms with Gasteiger partial charge in [0.2, 0.25) is 5.91 Å². The van der Waals surface area contributed by atoms with E-state index < -0.39 is 15.9 Å². The Labute approximate surface area is 198 Å². The topological polar surface area (TPSA) is 105 Å². The lowest BCUT2D eigenvalue weighted by Gasteiger charge is -2.16. The Balaban J connectivity index is 1.46. The Hall–Kier alpha value is -3.85. The van der Waals surface area contributed by atoms with Crippen molar-refractivity contribution in [3.63, 3.8) is 0 Å². The van der Waals surface area contributed by atoms with Crippen LogP contribution in [0.3, 0.4) is 0 Å². The molecule has 8 nitrogen and oxygen atoms in total. The fraction of sp³-hybridized carbons (Fsp3) is 0.200. The molecule has 0 aromatic heterocycles. The fourth-order valence-electron chi connectivity index (χ4n) is 3.72. The van der Waals surface area contributed by atoms with E-state index in [1.165, 1.54) is 25.3 Å². The predicted molar refractivity (Wildman–Crippen MR) is 129 cm³/mol. The normalized spacial score (nSPS) is 13.6. The maximum atomic E-state index is 12.8. The number of carbonyl (C=O) groups is 2. The van der Waals surface area contributed by atoms with Gasteiger partial charge in [0, 0.05) is 36.4 Å². The minimum atomic E-state index is -3.90. The molecule has 1 aliphatic rings. The summed E-state index contributed by atoms with van der Waals surface area (Å²) in [6.45, 7) is 1.23. The zero-order valence-electron chi connectivity index (χ0n) is 18.7. The Morgan fingerprint density at radius 3 is 2.47 bits per heavy atom. The monoisotopic (exact) mass is 479 g/mol. The zero-order chi connectivity index (χ0) is 24.1. The van der Waals surface area contributed by atoms with Gasteiger partial charge < -0.3 is 15.0 Å². The first-order valence-electron chi connectivity index (χ1n) is 10.8. The lowest BCUT2D eigenvalue weighted by Crippen LogP contribution is -2.23. The molecule has 2 amide bonds. The summed E-state index contributed by atoms with van der Waals surface area (Å²) in [5, 5.41) is 2.80. The number of hydrogen-bond acceptors (Lipinski definition) is 5. The maximum Gasteiger partial charge on any atom is 0.261 e. The number of ether oxygens (including phenoxy) is 1. The second-order valence-electron chi connectivity index (χ2n) is 7.94. The first kappa shape index (κ1) is 23.3. The number of nitrogens with one attached hydrogen (secondary N) is 2. The number of amides is 2. The number of hydrogen-bond donors (Lipinski definition) is 2. The van der Waals surface area contributed by atoms with Gasteiger partial charge in [0.25, 0.3) is 15.9 Å². The van der Waals surface area contributed by atoms with Gasteiger partial charge in [-0.25, -0.2) is 8.42 Å². The van der Waals surface area contributed by atoms with E-state index in [1.807, 2.05) is 18.2 Å². The van der Waals surface area contributed by atoms with Crippen LogP contribution in [0.4, 0.5) is 11.4 Å². The van der Waals surface area contributed by atoms with Crippen molar-refractivity contribution in [1.29, 1.82) is 0 Å². The molecule has 0 radical (unpaired) electrons. The molecule has 1 fully saturated rings. The number of carbonyl (C=O) groups excluding carboxylic acids is 2. The largest absolute Gasteiger partial charge is 0.497 e. The molecule has 1 aliphatic heterocycles. The minimum Gasteiger partial charge on any atom is -0.497 e. The quantitative estimate of drug-likeness (QED) is 0.510. The van der Waals surface area contributed by atoms with E-state index in [4.69, 9.17) is 4.74 Å². The third-order valence-corrected chi connectivity index (χ3v) is 6.86. The summed E-state index contributed by atoms with van der Waals surface area (Å²) >= 11 is 0. The zero-order valence-corrected chi connectivity index (χ0v) is 19.5. The van der Waals surface area contributed by atoms with E-state index in [0.717, 1.165) is 18.5 Å². The molecule has 3 aromatic carbocycles. The average Bonchev–Trinajstić information content (AvgIpc) is 3.24. The molecule has 0 aliphatic carbocycles. The van der Waals surface area contributed by atoms with Gasteiger partial charge in [-0.3, -0.25) is 14.3 Å². The Morgan fingerprint density at radius 2 is 1.76 bits per heavy atom. The van der Waals surface area contributed by atoms with E-state index in [2.05, 4.69) is 10.0 Å². The number of rotatable bonds is 8. The van der Waals surface area contributed by atoms with Crippen molar-refractivity contribution < 1.29 is 22.7 Å². The predicted octanol–water partition coefficient (Wildman–Crippen LogP) is 3.87. The van der Waals surface area contributed by atoms with Gasteiger partial charge in [0.15, 0.2) is 0 Å². The minimum absolute atomic E-state index is 0.0303. The van der Waals surface area contributed by atoms with E-state index >= 15 is 0 Å². The van der Waals surface area contributed by atoms with Crippen LogP contribution in [0.2, 0.25) is 0 Å². The van der Waals surface area contributed by atoms with Gasteiger partial charge in [-0.15, -0.1) is 0 Å². The standard InChI is InChI=1S/C25H25N3O5S/c1-33-22-12-10-20(11-13-22)27-34(31,32)23-8-3-6-19(16-23)25(30)26-21-7-2-5-18(15-21)17-28-14-4-9-24(28)29/h2-3,5-8,10-13,15-16,27H,4,9,14,17H2,1H3,(H,26,30). The van der Waals surface area contributed by atoms with Gasteiger partial charge >= 0.3 is 0 Å². The number of anilines is 2. The van der Waals surface area contributed by atoms with Gasteiger partial charge in [-0.2, -0.15) is 0 Å². The highest BCUT2D eigenvalue weighted by molar-refractivity contribution is 7.92. The third-order valence-electron chi connectivity index (χ3n) is 5.48. The molecule has 176 valence electrons. The Morgan fingerprint density at radius 1 is 1.00 bits per heavy atom. The van der Waals surface area contributed by atoms with Gasteiger partial charge in [0.1, 0.15) is 5.75 Å². The first-order chi connectivity index (χ1) is 16.3. The number of methoxy groups -OCH3 is 1. The highest BCUT2D eigenvalue weighted by atomic mass is 32.2. The molecular weight excluding hydrogens is 454 g/mol. The molecule has 1 saturated heterocycles. The Kier molecular flexibility index (Phi) is 6.83. The number of benzene rings is 3. The maximum absolute atomic E-state index is 12.8. The molecule has 34 heavy (non-hydrogen) atoms. The van der Waals surface area contributed by atoms with E-state index in [-0.39, 0.29) is 16.4 Å². The molecule has 0 spiro atoms. The summed E-state index contributed by atoms with van der Waals surface area (Å²) in [4.78, 5) is 26.5. The SMILES string of the molecule is COc1ccc(NS(=O)(=O)c2cccc(C(=O)Nc3cccc(CN4CCCC4=O)c3)c2)cc1. The summed E-state index contributed by atoms with van der Waals surface area (Å²) in [6.07, 6.45) is 1.44. The summed E-state index contributed by atoms with van der Waals surface area (Å²) in [5.74, 6) is 0.310. The molecule has 2 N–H and O–H groups in total. The van der Waals surface area contributed by atoms with Crippen LogP contribution in [0.1, 0.15) is 28.8 Å².